The summed E-state index contributed by atoms with van der Waals surface area (Å²) in [7, 11) is 0. The molecule has 5 heteroatoms. The lowest BCUT2D eigenvalue weighted by Crippen LogP contribution is -2.39. The largest absolute Gasteiger partial charge is 0.347 e. The molecule has 0 unspecified atom stereocenters. The number of amides is 1. The van der Waals surface area contributed by atoms with E-state index in [0.29, 0.717) is 11.9 Å². The van der Waals surface area contributed by atoms with E-state index >= 15 is 0 Å². The highest BCUT2D eigenvalue weighted by atomic mass is 16.2. The lowest BCUT2D eigenvalue weighted by atomic mass is 10.0. The van der Waals surface area contributed by atoms with Crippen LogP contribution in [-0.4, -0.2) is 39.9 Å². The molecule has 132 valence electrons. The number of hydrogen-bond donors (Lipinski definition) is 2. The number of nitrogens with zero attached hydrogens (tertiary/aromatic N) is 2. The quantitative estimate of drug-likeness (QED) is 0.881. The second-order valence-corrected chi connectivity index (χ2v) is 7.24. The topological polar surface area (TPSA) is 61.0 Å². The number of H-pyrrole nitrogens is 1. The van der Waals surface area contributed by atoms with E-state index in [-0.39, 0.29) is 12.0 Å². The normalized spacial score (nSPS) is 22.4. The van der Waals surface area contributed by atoms with Crippen molar-refractivity contribution in [3.63, 3.8) is 0 Å². The van der Waals surface area contributed by atoms with E-state index in [1.54, 1.807) is 6.20 Å². The predicted molar refractivity (Wildman–Crippen MR) is 97.0 cm³/mol. The second kappa shape index (κ2) is 7.40. The van der Waals surface area contributed by atoms with Crippen molar-refractivity contribution >= 4 is 5.91 Å². The van der Waals surface area contributed by atoms with Crippen molar-refractivity contribution in [2.75, 3.05) is 13.1 Å². The molecular weight excluding hydrogens is 312 g/mol. The van der Waals surface area contributed by atoms with Crippen molar-refractivity contribution in [3.05, 3.63) is 54.1 Å². The molecule has 0 radical (unpaired) electrons. The van der Waals surface area contributed by atoms with Crippen LogP contribution in [0.3, 0.4) is 0 Å². The third-order valence-corrected chi connectivity index (χ3v) is 5.53. The average molecular weight is 338 g/mol. The highest BCUT2D eigenvalue weighted by Crippen LogP contribution is 2.28. The first-order valence-corrected chi connectivity index (χ1v) is 9.40. The molecule has 2 fully saturated rings. The number of likely N-dealkylation sites (tertiary alicyclic amines) is 1. The van der Waals surface area contributed by atoms with Gasteiger partial charge in [-0.05, 0) is 24.8 Å². The minimum absolute atomic E-state index is 0.0303. The second-order valence-electron chi connectivity index (χ2n) is 7.24. The van der Waals surface area contributed by atoms with Crippen LogP contribution in [0.25, 0.3) is 0 Å². The van der Waals surface area contributed by atoms with E-state index in [9.17, 15) is 4.79 Å². The van der Waals surface area contributed by atoms with Gasteiger partial charge in [-0.1, -0.05) is 43.2 Å². The van der Waals surface area contributed by atoms with Gasteiger partial charge in [-0.2, -0.15) is 0 Å². The van der Waals surface area contributed by atoms with E-state index in [0.717, 1.165) is 38.2 Å². The van der Waals surface area contributed by atoms with Gasteiger partial charge in [0.15, 0.2) is 0 Å². The Bertz CT molecular complexity index is 679. The van der Waals surface area contributed by atoms with Gasteiger partial charge in [0.1, 0.15) is 5.82 Å². The molecule has 25 heavy (non-hydrogen) atoms. The Morgan fingerprint density at radius 1 is 1.20 bits per heavy atom. The molecule has 1 saturated heterocycles. The van der Waals surface area contributed by atoms with Crippen molar-refractivity contribution in [1.29, 1.82) is 0 Å². The number of aromatic amines is 1. The minimum atomic E-state index is 0.0303. The third kappa shape index (κ3) is 3.61. The fourth-order valence-electron chi connectivity index (χ4n) is 4.18. The van der Waals surface area contributed by atoms with Crippen LogP contribution < -0.4 is 5.32 Å². The van der Waals surface area contributed by atoms with Gasteiger partial charge in [-0.25, -0.2) is 4.98 Å². The molecule has 2 N–H and O–H groups in total. The van der Waals surface area contributed by atoms with Crippen molar-refractivity contribution in [3.8, 4) is 0 Å². The van der Waals surface area contributed by atoms with Crippen molar-refractivity contribution in [2.45, 2.75) is 44.2 Å². The van der Waals surface area contributed by atoms with Crippen LogP contribution in [0.1, 0.15) is 49.5 Å². The van der Waals surface area contributed by atoms with E-state index in [1.165, 1.54) is 18.4 Å². The summed E-state index contributed by atoms with van der Waals surface area (Å²) in [6.07, 6.45) is 9.22. The fourth-order valence-corrected chi connectivity index (χ4v) is 4.18. The first-order valence-electron chi connectivity index (χ1n) is 9.40. The summed E-state index contributed by atoms with van der Waals surface area (Å²) in [6.45, 7) is 1.67. The summed E-state index contributed by atoms with van der Waals surface area (Å²) >= 11 is 0. The SMILES string of the molecule is O=C(C1CCCC1)N1CC[C@H](N[C@@H](c2ccccc2)c2ncc[nH]2)C1. The number of hydrogen-bond acceptors (Lipinski definition) is 3. The van der Waals surface area contributed by atoms with E-state index in [1.807, 2.05) is 12.3 Å². The number of nitrogens with one attached hydrogen (secondary N) is 2. The molecule has 2 atom stereocenters. The van der Waals surface area contributed by atoms with Gasteiger partial charge in [-0.15, -0.1) is 0 Å². The molecule has 2 heterocycles. The Labute approximate surface area is 148 Å². The number of rotatable bonds is 5. The molecule has 1 amide bonds. The Kier molecular flexibility index (Phi) is 4.83. The maximum atomic E-state index is 12.7. The van der Waals surface area contributed by atoms with Crippen LogP contribution >= 0.6 is 0 Å². The number of aromatic nitrogens is 2. The molecule has 1 saturated carbocycles. The molecule has 2 aromatic rings. The first kappa shape index (κ1) is 16.3. The zero-order valence-electron chi connectivity index (χ0n) is 14.5. The summed E-state index contributed by atoms with van der Waals surface area (Å²) in [4.78, 5) is 22.4. The predicted octanol–water partition coefficient (Wildman–Crippen LogP) is 2.88. The summed E-state index contributed by atoms with van der Waals surface area (Å²) in [5.41, 5.74) is 1.19. The molecule has 1 aromatic heterocycles. The number of carbonyl (C=O) groups is 1. The monoisotopic (exact) mass is 338 g/mol. The minimum Gasteiger partial charge on any atom is -0.347 e. The van der Waals surface area contributed by atoms with E-state index < -0.39 is 0 Å². The molecule has 5 nitrogen and oxygen atoms in total. The standard InChI is InChI=1S/C20H26N4O/c25-20(16-8-4-5-9-16)24-13-10-17(14-24)23-18(19-21-11-12-22-19)15-6-2-1-3-7-15/h1-3,6-7,11-12,16-18,23H,4-5,8-10,13-14H2,(H,21,22)/t17-,18-/m0/s1. The van der Waals surface area contributed by atoms with Gasteiger partial charge in [0.2, 0.25) is 5.91 Å². The highest BCUT2D eigenvalue weighted by Gasteiger charge is 2.33. The number of imidazole rings is 1. The summed E-state index contributed by atoms with van der Waals surface area (Å²) in [6, 6.07) is 10.7. The Morgan fingerprint density at radius 2 is 2.00 bits per heavy atom. The van der Waals surface area contributed by atoms with Crippen LogP contribution in [-0.2, 0) is 4.79 Å². The van der Waals surface area contributed by atoms with Crippen molar-refractivity contribution in [1.82, 2.24) is 20.2 Å². The summed E-state index contributed by atoms with van der Waals surface area (Å²) < 4.78 is 0. The zero-order valence-corrected chi connectivity index (χ0v) is 14.5. The van der Waals surface area contributed by atoms with Gasteiger partial charge in [0.25, 0.3) is 0 Å². The van der Waals surface area contributed by atoms with Gasteiger partial charge in [0.05, 0.1) is 6.04 Å². The molecule has 1 aromatic carbocycles. The molecule has 1 aliphatic carbocycles. The summed E-state index contributed by atoms with van der Waals surface area (Å²) in [5.74, 6) is 1.57. The van der Waals surface area contributed by atoms with Crippen LogP contribution in [0.15, 0.2) is 42.7 Å². The van der Waals surface area contributed by atoms with Crippen molar-refractivity contribution in [2.24, 2.45) is 5.92 Å². The lowest BCUT2D eigenvalue weighted by molar-refractivity contribution is -0.134. The maximum Gasteiger partial charge on any atom is 0.225 e. The van der Waals surface area contributed by atoms with E-state index in [4.69, 9.17) is 0 Å². The fraction of sp³-hybridized carbons (Fsp3) is 0.500. The average Bonchev–Trinajstić information content (AvgIpc) is 3.42. The lowest BCUT2D eigenvalue weighted by Gasteiger charge is -2.24. The highest BCUT2D eigenvalue weighted by molar-refractivity contribution is 5.79. The molecule has 2 aliphatic rings. The van der Waals surface area contributed by atoms with Gasteiger partial charge >= 0.3 is 0 Å². The first-order chi connectivity index (χ1) is 12.3. The molecule has 0 spiro atoms. The maximum absolute atomic E-state index is 12.7. The van der Waals surface area contributed by atoms with Gasteiger partial charge in [-0.3, -0.25) is 10.1 Å². The molecule has 0 bridgehead atoms. The summed E-state index contributed by atoms with van der Waals surface area (Å²) in [5, 5.41) is 3.72. The Balaban J connectivity index is 1.43. The van der Waals surface area contributed by atoms with E-state index in [2.05, 4.69) is 44.5 Å². The van der Waals surface area contributed by atoms with Gasteiger partial charge < -0.3 is 9.88 Å². The van der Waals surface area contributed by atoms with Crippen LogP contribution in [0.4, 0.5) is 0 Å². The van der Waals surface area contributed by atoms with Crippen LogP contribution in [0, 0.1) is 5.92 Å². The zero-order chi connectivity index (χ0) is 17.1. The molecule has 1 aliphatic heterocycles. The number of carbonyl (C=O) groups excluding carboxylic acids is 1. The molecular formula is C20H26N4O. The van der Waals surface area contributed by atoms with Crippen molar-refractivity contribution < 1.29 is 4.79 Å². The Hall–Kier alpha value is -2.14. The van der Waals surface area contributed by atoms with Crippen LogP contribution in [0.5, 0.6) is 0 Å². The third-order valence-electron chi connectivity index (χ3n) is 5.53. The smallest absolute Gasteiger partial charge is 0.225 e. The number of benzene rings is 1. The Morgan fingerprint density at radius 3 is 2.72 bits per heavy atom. The molecule has 4 rings (SSSR count). The van der Waals surface area contributed by atoms with Gasteiger partial charge in [0, 0.05) is 37.4 Å². The van der Waals surface area contributed by atoms with Crippen LogP contribution in [0.2, 0.25) is 0 Å².